The quantitative estimate of drug-likeness (QED) is 0.0427. The highest BCUT2D eigenvalue weighted by Crippen LogP contribution is 2.55. The minimum Gasteiger partial charge on any atom is -0.507 e. The molecule has 5 rings (SSSR count). The van der Waals surface area contributed by atoms with Crippen LogP contribution >= 0.6 is 0 Å². The first-order valence-electron chi connectivity index (χ1n) is 20.2. The van der Waals surface area contributed by atoms with Crippen molar-refractivity contribution in [1.82, 2.24) is 0 Å². The van der Waals surface area contributed by atoms with Crippen LogP contribution in [0.15, 0.2) is 41.3 Å². The van der Waals surface area contributed by atoms with E-state index in [4.69, 9.17) is 33.3 Å². The van der Waals surface area contributed by atoms with Crippen molar-refractivity contribution >= 4 is 40.3 Å². The summed E-state index contributed by atoms with van der Waals surface area (Å²) in [5.41, 5.74) is -0.733. The van der Waals surface area contributed by atoms with E-state index >= 15 is 0 Å². The number of esters is 1. The number of methoxy groups -OCH3 is 1. The number of anilines is 1. The van der Waals surface area contributed by atoms with Crippen molar-refractivity contribution in [2.24, 2.45) is 28.8 Å². The van der Waals surface area contributed by atoms with Crippen LogP contribution in [0.1, 0.15) is 76.9 Å². The molecule has 0 saturated heterocycles. The molecule has 1 amide bonds. The van der Waals surface area contributed by atoms with Gasteiger partial charge in [0.05, 0.1) is 72.8 Å². The second-order valence-electron chi connectivity index (χ2n) is 15.5. The molecule has 0 radical (unpaired) electrons. The molecule has 17 heteroatoms. The van der Waals surface area contributed by atoms with Crippen molar-refractivity contribution in [1.29, 1.82) is 0 Å². The van der Waals surface area contributed by atoms with Crippen molar-refractivity contribution in [3.63, 3.8) is 0 Å². The average Bonchev–Trinajstić information content (AvgIpc) is 3.49. The van der Waals surface area contributed by atoms with Crippen LogP contribution in [-0.4, -0.2) is 120 Å². The second-order valence-corrected chi connectivity index (χ2v) is 15.5. The van der Waals surface area contributed by atoms with E-state index in [0.717, 1.165) is 6.21 Å². The first-order chi connectivity index (χ1) is 28.8. The highest BCUT2D eigenvalue weighted by atomic mass is 16.7. The lowest BCUT2D eigenvalue weighted by atomic mass is 9.78. The number of allylic oxidation sites excluding steroid dienone is 2. The maximum absolute atomic E-state index is 14.4. The van der Waals surface area contributed by atoms with Crippen molar-refractivity contribution in [2.45, 2.75) is 92.5 Å². The number of hydrogen-bond acceptors (Lipinski definition) is 16. The highest BCUT2D eigenvalue weighted by Gasteiger charge is 2.50. The maximum atomic E-state index is 14.4. The number of phenols is 3. The van der Waals surface area contributed by atoms with Crippen molar-refractivity contribution < 1.29 is 73.2 Å². The minimum absolute atomic E-state index is 0.0132. The number of rotatable bonds is 11. The van der Waals surface area contributed by atoms with Gasteiger partial charge in [-0.05, 0) is 26.8 Å². The van der Waals surface area contributed by atoms with Gasteiger partial charge in [0.15, 0.2) is 5.75 Å². The molecule has 61 heavy (non-hydrogen) atoms. The van der Waals surface area contributed by atoms with Gasteiger partial charge < -0.3 is 64.1 Å². The van der Waals surface area contributed by atoms with Gasteiger partial charge in [-0.3, -0.25) is 14.4 Å². The Labute approximate surface area is 355 Å². The number of ether oxygens (including phenoxy) is 6. The number of aliphatic hydroxyl groups is 2. The molecule has 0 fully saturated rings. The third kappa shape index (κ3) is 10.6. The highest BCUT2D eigenvalue weighted by molar-refractivity contribution is 6.23. The number of nitrogens with zero attached hydrogens (tertiary/aromatic N) is 1. The molecule has 2 aromatic rings. The number of phenolic OH excluding ortho intramolecular Hbond substituents is 3. The Morgan fingerprint density at radius 1 is 0.918 bits per heavy atom. The Bertz CT molecular complexity index is 2040. The average molecular weight is 857 g/mol. The molecule has 3 aliphatic heterocycles. The number of Topliss-reactive ketones (excluding diaryl/α,β-unsaturated/α-hetero) is 1. The Kier molecular flexibility index (Phi) is 16.7. The SMILES string of the molecule is CCOCCOCCON=Cc1c2c(O)c3c(O)c(C)c4c(c3c1O)C(=O)[C@@](C)(O/C=C\[C@H](OC)[C@@H](C)[C@@H](OC(C)=O)[C@H](C)[C@H](O)[C@H](C)[C@@H](O)[C@@H](C)/C=C\C=C(\C)C(=O)N2)O4. The normalized spacial score (nSPS) is 29.5. The second kappa shape index (κ2) is 21.1. The van der Waals surface area contributed by atoms with Gasteiger partial charge in [0, 0.05) is 67.8 Å². The lowest BCUT2D eigenvalue weighted by Gasteiger charge is -2.38. The summed E-state index contributed by atoms with van der Waals surface area (Å²) in [5.74, 6) is -8.83. The molecule has 9 atom stereocenters. The molecule has 5 bridgehead atoms. The van der Waals surface area contributed by atoms with Gasteiger partial charge >= 0.3 is 11.8 Å². The fraction of sp³-hybridized carbons (Fsp3) is 0.545. The Morgan fingerprint density at radius 2 is 1.59 bits per heavy atom. The number of ketones is 1. The summed E-state index contributed by atoms with van der Waals surface area (Å²) in [7, 11) is 1.42. The zero-order valence-electron chi connectivity index (χ0n) is 36.4. The Balaban J connectivity index is 1.90. The Hall–Kier alpha value is -5.20. The summed E-state index contributed by atoms with van der Waals surface area (Å²) in [6.07, 6.45) is 4.39. The maximum Gasteiger partial charge on any atom is 0.312 e. The van der Waals surface area contributed by atoms with Crippen LogP contribution in [0.3, 0.4) is 0 Å². The summed E-state index contributed by atoms with van der Waals surface area (Å²) < 4.78 is 34.2. The van der Waals surface area contributed by atoms with E-state index < -0.39 is 88.8 Å². The largest absolute Gasteiger partial charge is 0.507 e. The van der Waals surface area contributed by atoms with Crippen LogP contribution in [0.2, 0.25) is 0 Å². The molecular formula is C44H60N2O15. The molecule has 0 unspecified atom stereocenters. The summed E-state index contributed by atoms with van der Waals surface area (Å²) in [6, 6.07) is 0. The van der Waals surface area contributed by atoms with E-state index in [1.807, 2.05) is 6.92 Å². The standard InChI is InChI=1S/C44H60N2O15/c1-11-56-17-18-57-19-20-59-45-21-29-34-39(52)32-31(38(29)51)33-41(27(7)37(32)50)61-44(9,42(33)53)58-16-15-30(55-10)24(4)40(60-28(8)47)26(6)36(49)25(5)35(48)22(2)13-12-14-23(3)43(54)46-34/h12-16,21-22,24-26,30,35-36,40,48-52H,11,17-20H2,1-10H3,(H,46,54)/b13-12-,16-15-,23-14-,45-21?/t22-,24+,25+,26+,30-,35-,36+,40+,44-/m0/s1. The third-order valence-electron chi connectivity index (χ3n) is 11.2. The number of carbonyl (C=O) groups excluding carboxylic acids is 3. The molecule has 3 aliphatic rings. The van der Waals surface area contributed by atoms with Gasteiger partial charge in [0.1, 0.15) is 30.0 Å². The first-order valence-corrected chi connectivity index (χ1v) is 20.2. The van der Waals surface area contributed by atoms with E-state index in [0.29, 0.717) is 19.8 Å². The third-order valence-corrected chi connectivity index (χ3v) is 11.2. The first kappa shape index (κ1) is 48.5. The monoisotopic (exact) mass is 856 g/mol. The number of amides is 1. The van der Waals surface area contributed by atoms with Gasteiger partial charge in [-0.15, -0.1) is 0 Å². The van der Waals surface area contributed by atoms with Gasteiger partial charge in [0.25, 0.3) is 11.7 Å². The molecule has 6 N–H and O–H groups in total. The number of benzene rings is 2. The zero-order chi connectivity index (χ0) is 45.3. The van der Waals surface area contributed by atoms with E-state index in [1.165, 1.54) is 53.2 Å². The molecule has 336 valence electrons. The van der Waals surface area contributed by atoms with Crippen LogP contribution in [0.4, 0.5) is 5.69 Å². The molecule has 2 aromatic carbocycles. The van der Waals surface area contributed by atoms with Crippen LogP contribution in [-0.2, 0) is 38.1 Å². The topological polar surface area (TPSA) is 241 Å². The van der Waals surface area contributed by atoms with Gasteiger partial charge in [0.2, 0.25) is 0 Å². The molecule has 0 spiro atoms. The van der Waals surface area contributed by atoms with Crippen molar-refractivity contribution in [3.8, 4) is 23.0 Å². The molecule has 0 aromatic heterocycles. The fourth-order valence-electron chi connectivity index (χ4n) is 7.48. The lowest BCUT2D eigenvalue weighted by molar-refractivity contribution is -0.160. The molecule has 3 heterocycles. The van der Waals surface area contributed by atoms with E-state index in [9.17, 15) is 39.9 Å². The van der Waals surface area contributed by atoms with E-state index in [-0.39, 0.29) is 57.7 Å². The van der Waals surface area contributed by atoms with Crippen molar-refractivity contribution in [2.75, 3.05) is 45.5 Å². The van der Waals surface area contributed by atoms with Crippen LogP contribution in [0, 0.1) is 30.6 Å². The number of aliphatic hydroxyl groups excluding tert-OH is 2. The number of fused-ring (bicyclic) bond motifs is 14. The molecular weight excluding hydrogens is 796 g/mol. The molecule has 0 saturated carbocycles. The number of nitrogens with one attached hydrogen (secondary N) is 1. The van der Waals surface area contributed by atoms with Crippen molar-refractivity contribution in [3.05, 3.63) is 52.8 Å². The number of hydrogen-bond donors (Lipinski definition) is 6. The van der Waals surface area contributed by atoms with Crippen LogP contribution in [0.25, 0.3) is 10.8 Å². The molecule has 17 nitrogen and oxygen atoms in total. The minimum atomic E-state index is -2.08. The fourth-order valence-corrected chi connectivity index (χ4v) is 7.48. The van der Waals surface area contributed by atoms with Gasteiger partial charge in [-0.2, -0.15) is 0 Å². The predicted molar refractivity (Wildman–Crippen MR) is 225 cm³/mol. The summed E-state index contributed by atoms with van der Waals surface area (Å²) >= 11 is 0. The summed E-state index contributed by atoms with van der Waals surface area (Å²) in [4.78, 5) is 45.7. The number of oxime groups is 1. The summed E-state index contributed by atoms with van der Waals surface area (Å²) in [5, 5.41) is 64.0. The van der Waals surface area contributed by atoms with Crippen LogP contribution < -0.4 is 10.1 Å². The summed E-state index contributed by atoms with van der Waals surface area (Å²) in [6.45, 7) is 15.6. The lowest BCUT2D eigenvalue weighted by Crippen LogP contribution is -2.46. The van der Waals surface area contributed by atoms with Gasteiger partial charge in [-0.1, -0.05) is 51.1 Å². The molecule has 0 aliphatic carbocycles. The van der Waals surface area contributed by atoms with Gasteiger partial charge in [-0.25, -0.2) is 0 Å². The Morgan fingerprint density at radius 3 is 2.25 bits per heavy atom. The van der Waals surface area contributed by atoms with E-state index in [2.05, 4.69) is 10.5 Å². The van der Waals surface area contributed by atoms with E-state index in [1.54, 1.807) is 39.8 Å². The number of aromatic hydroxyl groups is 3. The predicted octanol–water partition coefficient (Wildman–Crippen LogP) is 5.16. The number of carbonyl (C=O) groups is 3. The smallest absolute Gasteiger partial charge is 0.312 e. The zero-order valence-corrected chi connectivity index (χ0v) is 36.4. The van der Waals surface area contributed by atoms with Crippen LogP contribution in [0.5, 0.6) is 23.0 Å².